The second-order valence-corrected chi connectivity index (χ2v) is 5.29. The van der Waals surface area contributed by atoms with Gasteiger partial charge in [-0.15, -0.1) is 0 Å². The quantitative estimate of drug-likeness (QED) is 0.439. The van der Waals surface area contributed by atoms with Crippen LogP contribution in [-0.4, -0.2) is 5.91 Å². The third-order valence-electron chi connectivity index (χ3n) is 2.62. The van der Waals surface area contributed by atoms with Crippen LogP contribution in [0.1, 0.15) is 10.4 Å². The maximum absolute atomic E-state index is 13.3. The Morgan fingerprint density at radius 1 is 1.10 bits per heavy atom. The van der Waals surface area contributed by atoms with Crippen molar-refractivity contribution in [2.75, 3.05) is 10.7 Å². The van der Waals surface area contributed by atoms with Gasteiger partial charge in [0.25, 0.3) is 5.91 Å². The first-order valence-corrected chi connectivity index (χ1v) is 6.78. The van der Waals surface area contributed by atoms with Gasteiger partial charge in [-0.3, -0.25) is 10.6 Å². The van der Waals surface area contributed by atoms with E-state index in [1.54, 1.807) is 12.1 Å². The minimum Gasteiger partial charge on any atom is -0.323 e. The van der Waals surface area contributed by atoms with E-state index >= 15 is 0 Å². The highest BCUT2D eigenvalue weighted by molar-refractivity contribution is 6.35. The van der Waals surface area contributed by atoms with E-state index in [9.17, 15) is 9.18 Å². The predicted octanol–water partition coefficient (Wildman–Crippen LogP) is 4.32. The summed E-state index contributed by atoms with van der Waals surface area (Å²) in [6, 6.07) is 7.08. The van der Waals surface area contributed by atoms with Gasteiger partial charge >= 0.3 is 0 Å². The molecule has 2 rings (SSSR count). The lowest BCUT2D eigenvalue weighted by molar-refractivity contribution is 0.102. The molecule has 0 unspecified atom stereocenters. The number of nitrogens with one attached hydrogen (secondary N) is 2. The molecule has 2 aromatic carbocycles. The minimum absolute atomic E-state index is 0.193. The maximum Gasteiger partial charge on any atom is 0.257 e. The summed E-state index contributed by atoms with van der Waals surface area (Å²) in [6.07, 6.45) is 0. The number of hydrogen-bond donors (Lipinski definition) is 3. The zero-order chi connectivity index (χ0) is 15.6. The summed E-state index contributed by atoms with van der Waals surface area (Å²) in [7, 11) is 0. The standard InChI is InChI=1S/C13H9Cl3FN3O/c14-6-1-2-11(20-18)8(3-6)13(21)19-7-4-9(15)12(17)10(16)5-7/h1-5,20H,18H2,(H,19,21). The number of hydrogen-bond acceptors (Lipinski definition) is 3. The third kappa shape index (κ3) is 3.57. The van der Waals surface area contributed by atoms with Crippen molar-refractivity contribution in [2.45, 2.75) is 0 Å². The minimum atomic E-state index is -0.747. The Hall–Kier alpha value is -1.53. The van der Waals surface area contributed by atoms with E-state index in [-0.39, 0.29) is 21.3 Å². The van der Waals surface area contributed by atoms with Crippen LogP contribution in [0.25, 0.3) is 0 Å². The van der Waals surface area contributed by atoms with Gasteiger partial charge in [0.05, 0.1) is 21.3 Å². The molecule has 8 heteroatoms. The number of halogens is 4. The Balaban J connectivity index is 2.32. The molecule has 0 bridgehead atoms. The second-order valence-electron chi connectivity index (χ2n) is 4.04. The van der Waals surface area contributed by atoms with Gasteiger partial charge in [0.15, 0.2) is 5.82 Å². The SMILES string of the molecule is NNc1ccc(Cl)cc1C(=O)Nc1cc(Cl)c(F)c(Cl)c1. The normalized spacial score (nSPS) is 10.3. The molecule has 0 heterocycles. The maximum atomic E-state index is 13.3. The molecule has 0 aliphatic rings. The van der Waals surface area contributed by atoms with Crippen molar-refractivity contribution in [1.82, 2.24) is 0 Å². The van der Waals surface area contributed by atoms with Crippen LogP contribution >= 0.6 is 34.8 Å². The lowest BCUT2D eigenvalue weighted by Gasteiger charge is -2.11. The number of benzene rings is 2. The average molecular weight is 349 g/mol. The van der Waals surface area contributed by atoms with E-state index in [1.165, 1.54) is 18.2 Å². The van der Waals surface area contributed by atoms with E-state index in [0.717, 1.165) is 0 Å². The zero-order valence-corrected chi connectivity index (χ0v) is 12.7. The van der Waals surface area contributed by atoms with Gasteiger partial charge in [0.2, 0.25) is 0 Å². The Labute approximate surface area is 135 Å². The molecular weight excluding hydrogens is 340 g/mol. The van der Waals surface area contributed by atoms with Gasteiger partial charge in [-0.05, 0) is 30.3 Å². The van der Waals surface area contributed by atoms with Crippen LogP contribution in [0, 0.1) is 5.82 Å². The van der Waals surface area contributed by atoms with Crippen LogP contribution in [0.4, 0.5) is 15.8 Å². The molecular formula is C13H9Cl3FN3O. The molecule has 4 N–H and O–H groups in total. The average Bonchev–Trinajstić information content (AvgIpc) is 2.44. The summed E-state index contributed by atoms with van der Waals surface area (Å²) in [5.41, 5.74) is 3.25. The molecule has 110 valence electrons. The molecule has 1 amide bonds. The molecule has 0 aromatic heterocycles. The van der Waals surface area contributed by atoms with E-state index in [0.29, 0.717) is 10.7 Å². The van der Waals surface area contributed by atoms with Crippen LogP contribution in [-0.2, 0) is 0 Å². The molecule has 0 aliphatic carbocycles. The first kappa shape index (κ1) is 15.9. The summed E-state index contributed by atoms with van der Waals surface area (Å²) in [5.74, 6) is 4.09. The summed E-state index contributed by atoms with van der Waals surface area (Å²) in [6.45, 7) is 0. The first-order chi connectivity index (χ1) is 9.92. The summed E-state index contributed by atoms with van der Waals surface area (Å²) in [4.78, 5) is 12.2. The van der Waals surface area contributed by atoms with E-state index < -0.39 is 11.7 Å². The number of anilines is 2. The summed E-state index contributed by atoms with van der Waals surface area (Å²) >= 11 is 17.2. The molecule has 4 nitrogen and oxygen atoms in total. The van der Waals surface area contributed by atoms with Crippen LogP contribution in [0.15, 0.2) is 30.3 Å². The molecule has 0 spiro atoms. The Kier molecular flexibility index (Phi) is 4.90. The van der Waals surface area contributed by atoms with E-state index in [1.807, 2.05) is 0 Å². The molecule has 21 heavy (non-hydrogen) atoms. The van der Waals surface area contributed by atoms with E-state index in [2.05, 4.69) is 10.7 Å². The highest BCUT2D eigenvalue weighted by Crippen LogP contribution is 2.28. The zero-order valence-electron chi connectivity index (χ0n) is 10.4. The van der Waals surface area contributed by atoms with Gasteiger partial charge in [-0.25, -0.2) is 4.39 Å². The van der Waals surface area contributed by atoms with E-state index in [4.69, 9.17) is 40.6 Å². The van der Waals surface area contributed by atoms with Crippen molar-refractivity contribution in [3.05, 3.63) is 56.8 Å². The smallest absolute Gasteiger partial charge is 0.257 e. The Bertz CT molecular complexity index is 686. The Morgan fingerprint density at radius 3 is 2.29 bits per heavy atom. The van der Waals surface area contributed by atoms with Crippen molar-refractivity contribution in [1.29, 1.82) is 0 Å². The van der Waals surface area contributed by atoms with Gasteiger partial charge in [-0.1, -0.05) is 34.8 Å². The third-order valence-corrected chi connectivity index (χ3v) is 3.41. The number of hydrazine groups is 1. The van der Waals surface area contributed by atoms with Crippen molar-refractivity contribution in [2.24, 2.45) is 5.84 Å². The monoisotopic (exact) mass is 347 g/mol. The van der Waals surface area contributed by atoms with Crippen molar-refractivity contribution < 1.29 is 9.18 Å². The molecule has 0 radical (unpaired) electrons. The largest absolute Gasteiger partial charge is 0.323 e. The van der Waals surface area contributed by atoms with Gasteiger partial charge in [-0.2, -0.15) is 0 Å². The van der Waals surface area contributed by atoms with Crippen molar-refractivity contribution in [3.63, 3.8) is 0 Å². The van der Waals surface area contributed by atoms with Crippen molar-refractivity contribution >= 4 is 52.1 Å². The Morgan fingerprint density at radius 2 is 1.71 bits per heavy atom. The number of rotatable bonds is 3. The van der Waals surface area contributed by atoms with Crippen LogP contribution in [0.2, 0.25) is 15.1 Å². The van der Waals surface area contributed by atoms with Gasteiger partial charge < -0.3 is 10.7 Å². The summed E-state index contributed by atoms with van der Waals surface area (Å²) in [5, 5.41) is 2.52. The molecule has 0 aliphatic heterocycles. The lowest BCUT2D eigenvalue weighted by atomic mass is 10.1. The lowest BCUT2D eigenvalue weighted by Crippen LogP contribution is -2.17. The number of nitrogen functional groups attached to an aromatic ring is 1. The highest BCUT2D eigenvalue weighted by atomic mass is 35.5. The van der Waals surface area contributed by atoms with Crippen LogP contribution in [0.5, 0.6) is 0 Å². The fourth-order valence-corrected chi connectivity index (χ4v) is 2.32. The molecule has 0 saturated heterocycles. The number of nitrogens with two attached hydrogens (primary N) is 1. The second kappa shape index (κ2) is 6.49. The topological polar surface area (TPSA) is 67.1 Å². The van der Waals surface area contributed by atoms with Crippen LogP contribution in [0.3, 0.4) is 0 Å². The van der Waals surface area contributed by atoms with Crippen molar-refractivity contribution in [3.8, 4) is 0 Å². The molecule has 0 fully saturated rings. The van der Waals surface area contributed by atoms with Gasteiger partial charge in [0.1, 0.15) is 0 Å². The molecule has 2 aromatic rings. The highest BCUT2D eigenvalue weighted by Gasteiger charge is 2.14. The molecule has 0 saturated carbocycles. The fraction of sp³-hybridized carbons (Fsp3) is 0. The fourth-order valence-electron chi connectivity index (χ4n) is 1.66. The number of carbonyl (C=O) groups is 1. The first-order valence-electron chi connectivity index (χ1n) is 5.64. The predicted molar refractivity (Wildman–Crippen MR) is 83.6 cm³/mol. The summed E-state index contributed by atoms with van der Waals surface area (Å²) < 4.78 is 13.3. The number of carbonyl (C=O) groups excluding carboxylic acids is 1. The van der Waals surface area contributed by atoms with Gasteiger partial charge in [0, 0.05) is 10.7 Å². The molecule has 0 atom stereocenters. The van der Waals surface area contributed by atoms with Crippen LogP contribution < -0.4 is 16.6 Å². The number of amides is 1.